The zero-order chi connectivity index (χ0) is 6.53. The van der Waals surface area contributed by atoms with Gasteiger partial charge in [-0.3, -0.25) is 4.98 Å². The minimum Gasteiger partial charge on any atom is -0.261 e. The van der Waals surface area contributed by atoms with E-state index in [9.17, 15) is 0 Å². The lowest BCUT2D eigenvalue weighted by Crippen LogP contribution is -1.84. The summed E-state index contributed by atoms with van der Waals surface area (Å²) in [7, 11) is 0. The van der Waals surface area contributed by atoms with Crippen LogP contribution in [0.15, 0.2) is 24.4 Å². The van der Waals surface area contributed by atoms with Gasteiger partial charge in [0.1, 0.15) is 0 Å². The lowest BCUT2D eigenvalue weighted by atomic mass is 10.2. The maximum absolute atomic E-state index is 4.17. The maximum atomic E-state index is 4.17. The van der Waals surface area contributed by atoms with Gasteiger partial charge in [0.25, 0.3) is 0 Å². The van der Waals surface area contributed by atoms with Gasteiger partial charge in [0.2, 0.25) is 0 Å². The van der Waals surface area contributed by atoms with Crippen molar-refractivity contribution in [2.75, 3.05) is 0 Å². The Morgan fingerprint density at radius 2 is 2.20 bits per heavy atom. The maximum Gasteiger partial charge on any atom is 0.0403 e. The average Bonchev–Trinajstić information content (AvgIpc) is 1.91. The van der Waals surface area contributed by atoms with E-state index < -0.39 is 0 Å². The highest BCUT2D eigenvalue weighted by molar-refractivity contribution is 5.02. The van der Waals surface area contributed by atoms with Gasteiger partial charge < -0.3 is 0 Å². The Morgan fingerprint density at radius 3 is 2.70 bits per heavy atom. The Balaban J connectivity index is 0.000000810. The SMILES string of the molecule is C.CCCc1ccccn1. The molecule has 0 N–H and O–H groups in total. The van der Waals surface area contributed by atoms with E-state index in [1.165, 1.54) is 12.1 Å². The first-order valence-electron chi connectivity index (χ1n) is 3.33. The second kappa shape index (κ2) is 4.98. The van der Waals surface area contributed by atoms with Gasteiger partial charge in [0.05, 0.1) is 0 Å². The van der Waals surface area contributed by atoms with Crippen LogP contribution in [0.2, 0.25) is 0 Å². The normalized spacial score (nSPS) is 8.50. The molecule has 0 unspecified atom stereocenters. The summed E-state index contributed by atoms with van der Waals surface area (Å²) >= 11 is 0. The van der Waals surface area contributed by atoms with Gasteiger partial charge in [0, 0.05) is 11.9 Å². The predicted molar refractivity (Wildman–Crippen MR) is 45.0 cm³/mol. The molecule has 0 aliphatic rings. The van der Waals surface area contributed by atoms with E-state index in [0.717, 1.165) is 6.42 Å². The molecule has 0 spiro atoms. The van der Waals surface area contributed by atoms with Gasteiger partial charge in [-0.1, -0.05) is 26.8 Å². The first-order valence-corrected chi connectivity index (χ1v) is 3.33. The summed E-state index contributed by atoms with van der Waals surface area (Å²) in [4.78, 5) is 4.17. The molecular formula is C9H15N. The molecule has 0 amide bonds. The molecule has 1 nitrogen and oxygen atoms in total. The molecule has 0 bridgehead atoms. The van der Waals surface area contributed by atoms with Gasteiger partial charge in [-0.2, -0.15) is 0 Å². The van der Waals surface area contributed by atoms with Crippen molar-refractivity contribution in [1.29, 1.82) is 0 Å². The van der Waals surface area contributed by atoms with Crippen molar-refractivity contribution in [1.82, 2.24) is 4.98 Å². The third kappa shape index (κ3) is 2.62. The van der Waals surface area contributed by atoms with E-state index in [2.05, 4.69) is 18.0 Å². The number of nitrogens with zero attached hydrogens (tertiary/aromatic N) is 1. The van der Waals surface area contributed by atoms with Crippen LogP contribution in [0.25, 0.3) is 0 Å². The van der Waals surface area contributed by atoms with Crippen LogP contribution in [-0.2, 0) is 6.42 Å². The van der Waals surface area contributed by atoms with Crippen molar-refractivity contribution in [3.8, 4) is 0 Å². The second-order valence-electron chi connectivity index (χ2n) is 2.07. The van der Waals surface area contributed by atoms with Crippen LogP contribution in [0.1, 0.15) is 26.5 Å². The largest absolute Gasteiger partial charge is 0.261 e. The van der Waals surface area contributed by atoms with Crippen LogP contribution in [0.3, 0.4) is 0 Å². The predicted octanol–water partition coefficient (Wildman–Crippen LogP) is 2.67. The topological polar surface area (TPSA) is 12.9 Å². The first kappa shape index (κ1) is 9.15. The zero-order valence-corrected chi connectivity index (χ0v) is 5.67. The third-order valence-corrected chi connectivity index (χ3v) is 1.23. The van der Waals surface area contributed by atoms with Crippen LogP contribution in [0.5, 0.6) is 0 Å². The zero-order valence-electron chi connectivity index (χ0n) is 5.67. The highest BCUT2D eigenvalue weighted by Crippen LogP contribution is 1.95. The fraction of sp³-hybridized carbons (Fsp3) is 0.444. The van der Waals surface area contributed by atoms with E-state index in [4.69, 9.17) is 0 Å². The Morgan fingerprint density at radius 1 is 1.40 bits per heavy atom. The molecule has 1 heteroatoms. The molecule has 56 valence electrons. The van der Waals surface area contributed by atoms with Gasteiger partial charge in [-0.05, 0) is 18.6 Å². The van der Waals surface area contributed by atoms with Crippen LogP contribution in [-0.4, -0.2) is 4.98 Å². The molecule has 0 radical (unpaired) electrons. The minimum atomic E-state index is 0. The van der Waals surface area contributed by atoms with Crippen LogP contribution >= 0.6 is 0 Å². The lowest BCUT2D eigenvalue weighted by molar-refractivity contribution is 0.883. The van der Waals surface area contributed by atoms with Crippen LogP contribution in [0, 0.1) is 0 Å². The Labute approximate surface area is 63.1 Å². The van der Waals surface area contributed by atoms with Crippen molar-refractivity contribution in [2.24, 2.45) is 0 Å². The molecule has 0 aliphatic carbocycles. The summed E-state index contributed by atoms with van der Waals surface area (Å²) < 4.78 is 0. The van der Waals surface area contributed by atoms with E-state index in [1.54, 1.807) is 0 Å². The van der Waals surface area contributed by atoms with Crippen molar-refractivity contribution >= 4 is 0 Å². The second-order valence-corrected chi connectivity index (χ2v) is 2.07. The Hall–Kier alpha value is -0.850. The van der Waals surface area contributed by atoms with Crippen molar-refractivity contribution in [3.63, 3.8) is 0 Å². The molecule has 0 aromatic carbocycles. The smallest absolute Gasteiger partial charge is 0.0403 e. The summed E-state index contributed by atoms with van der Waals surface area (Å²) in [5, 5.41) is 0. The molecule has 0 saturated carbocycles. The fourth-order valence-electron chi connectivity index (χ4n) is 0.802. The quantitative estimate of drug-likeness (QED) is 0.610. The summed E-state index contributed by atoms with van der Waals surface area (Å²) in [6, 6.07) is 6.03. The molecule has 1 rings (SSSR count). The van der Waals surface area contributed by atoms with Crippen LogP contribution < -0.4 is 0 Å². The van der Waals surface area contributed by atoms with Gasteiger partial charge in [-0.15, -0.1) is 0 Å². The molecule has 10 heavy (non-hydrogen) atoms. The number of hydrogen-bond acceptors (Lipinski definition) is 1. The number of pyridine rings is 1. The van der Waals surface area contributed by atoms with Gasteiger partial charge in [0.15, 0.2) is 0 Å². The molecule has 1 aromatic rings. The molecule has 0 saturated heterocycles. The highest BCUT2D eigenvalue weighted by atomic mass is 14.7. The van der Waals surface area contributed by atoms with Gasteiger partial charge in [-0.25, -0.2) is 0 Å². The Kier molecular flexibility index (Phi) is 4.55. The third-order valence-electron chi connectivity index (χ3n) is 1.23. The molecule has 1 aromatic heterocycles. The van der Waals surface area contributed by atoms with Crippen LogP contribution in [0.4, 0.5) is 0 Å². The monoisotopic (exact) mass is 137 g/mol. The van der Waals surface area contributed by atoms with Crippen molar-refractivity contribution in [3.05, 3.63) is 30.1 Å². The van der Waals surface area contributed by atoms with Crippen molar-refractivity contribution < 1.29 is 0 Å². The Bertz CT molecular complexity index is 158. The number of hydrogen-bond donors (Lipinski definition) is 0. The number of rotatable bonds is 2. The summed E-state index contributed by atoms with van der Waals surface area (Å²) in [5.74, 6) is 0. The van der Waals surface area contributed by atoms with Gasteiger partial charge >= 0.3 is 0 Å². The van der Waals surface area contributed by atoms with E-state index in [0.29, 0.717) is 0 Å². The van der Waals surface area contributed by atoms with E-state index in [1.807, 2.05) is 18.3 Å². The fourth-order valence-corrected chi connectivity index (χ4v) is 0.802. The summed E-state index contributed by atoms with van der Waals surface area (Å²) in [6.45, 7) is 2.16. The highest BCUT2D eigenvalue weighted by Gasteiger charge is 1.86. The van der Waals surface area contributed by atoms with E-state index >= 15 is 0 Å². The first-order chi connectivity index (χ1) is 4.43. The van der Waals surface area contributed by atoms with Crippen molar-refractivity contribution in [2.45, 2.75) is 27.2 Å². The summed E-state index contributed by atoms with van der Waals surface area (Å²) in [6.07, 6.45) is 4.11. The molecule has 1 heterocycles. The molecular weight excluding hydrogens is 122 g/mol. The molecule has 0 atom stereocenters. The van der Waals surface area contributed by atoms with E-state index in [-0.39, 0.29) is 7.43 Å². The molecule has 0 fully saturated rings. The number of aromatic nitrogens is 1. The summed E-state index contributed by atoms with van der Waals surface area (Å²) in [5.41, 5.74) is 1.19. The number of aryl methyl sites for hydroxylation is 1. The minimum absolute atomic E-state index is 0. The standard InChI is InChI=1S/C8H11N.CH4/c1-2-5-8-6-3-4-7-9-8;/h3-4,6-7H,2,5H2,1H3;1H4. The molecule has 0 aliphatic heterocycles. The lowest BCUT2D eigenvalue weighted by Gasteiger charge is -1.92. The average molecular weight is 137 g/mol.